The Kier molecular flexibility index (Phi) is 5.97. The third-order valence-corrected chi connectivity index (χ3v) is 3.78. The van der Waals surface area contributed by atoms with E-state index in [1.54, 1.807) is 0 Å². The van der Waals surface area contributed by atoms with Crippen molar-refractivity contribution in [3.8, 4) is 0 Å². The Balaban J connectivity index is 2.56. The van der Waals surface area contributed by atoms with Crippen molar-refractivity contribution in [2.45, 2.75) is 50.7 Å². The fraction of sp³-hybridized carbons (Fsp3) is 0.600. The van der Waals surface area contributed by atoms with Gasteiger partial charge in [-0.1, -0.05) is 45.9 Å². The normalized spacial score (nSPS) is 11.7. The Morgan fingerprint density at radius 1 is 0.875 bits per heavy atom. The summed E-state index contributed by atoms with van der Waals surface area (Å²) in [5, 5.41) is 0.766. The van der Waals surface area contributed by atoms with E-state index in [0.29, 0.717) is 0 Å². The van der Waals surface area contributed by atoms with Crippen LogP contribution in [0, 0.1) is 11.8 Å². The lowest BCUT2D eigenvalue weighted by molar-refractivity contribution is 0.492. The number of hydrogen-bond donors (Lipinski definition) is 0. The molecule has 0 unspecified atom stereocenters. The molecule has 90 valence electrons. The standard InChI is InChI=1S/C15H24S/c1-12(2)10-15(11-13(3)4)16-14-8-6-5-7-9-14/h5-9,12-13,15H,10-11H2,1-4H3. The quantitative estimate of drug-likeness (QED) is 0.609. The molecule has 16 heavy (non-hydrogen) atoms. The van der Waals surface area contributed by atoms with E-state index in [9.17, 15) is 0 Å². The minimum Gasteiger partial charge on any atom is -0.123 e. The summed E-state index contributed by atoms with van der Waals surface area (Å²) in [6, 6.07) is 10.8. The molecule has 1 aromatic carbocycles. The van der Waals surface area contributed by atoms with Crippen LogP contribution in [0.5, 0.6) is 0 Å². The first-order chi connectivity index (χ1) is 7.58. The van der Waals surface area contributed by atoms with Gasteiger partial charge < -0.3 is 0 Å². The zero-order chi connectivity index (χ0) is 12.0. The highest BCUT2D eigenvalue weighted by molar-refractivity contribution is 8.00. The Hall–Kier alpha value is -0.430. The highest BCUT2D eigenvalue weighted by Crippen LogP contribution is 2.31. The topological polar surface area (TPSA) is 0 Å². The van der Waals surface area contributed by atoms with E-state index in [1.165, 1.54) is 17.7 Å². The maximum Gasteiger partial charge on any atom is 0.00992 e. The van der Waals surface area contributed by atoms with Crippen molar-refractivity contribution < 1.29 is 0 Å². The van der Waals surface area contributed by atoms with Crippen LogP contribution < -0.4 is 0 Å². The number of hydrogen-bond acceptors (Lipinski definition) is 1. The van der Waals surface area contributed by atoms with Crippen molar-refractivity contribution in [2.75, 3.05) is 0 Å². The van der Waals surface area contributed by atoms with Gasteiger partial charge in [0.25, 0.3) is 0 Å². The van der Waals surface area contributed by atoms with Crippen molar-refractivity contribution in [2.24, 2.45) is 11.8 Å². The molecule has 0 N–H and O–H groups in total. The van der Waals surface area contributed by atoms with Crippen LogP contribution in [0.3, 0.4) is 0 Å². The molecule has 1 aromatic rings. The van der Waals surface area contributed by atoms with Crippen molar-refractivity contribution in [3.63, 3.8) is 0 Å². The molecule has 0 bridgehead atoms. The minimum absolute atomic E-state index is 0.766. The van der Waals surface area contributed by atoms with Crippen LogP contribution >= 0.6 is 11.8 Å². The van der Waals surface area contributed by atoms with Gasteiger partial charge in [-0.3, -0.25) is 0 Å². The molecule has 0 aliphatic heterocycles. The van der Waals surface area contributed by atoms with Gasteiger partial charge in [0.05, 0.1) is 0 Å². The van der Waals surface area contributed by atoms with Gasteiger partial charge in [0.1, 0.15) is 0 Å². The van der Waals surface area contributed by atoms with Gasteiger partial charge in [-0.25, -0.2) is 0 Å². The predicted octanol–water partition coefficient (Wildman–Crippen LogP) is 5.24. The molecule has 0 spiro atoms. The van der Waals surface area contributed by atoms with Crippen LogP contribution in [-0.4, -0.2) is 5.25 Å². The first-order valence-corrected chi connectivity index (χ1v) is 7.17. The van der Waals surface area contributed by atoms with Crippen molar-refractivity contribution in [1.82, 2.24) is 0 Å². The lowest BCUT2D eigenvalue weighted by Crippen LogP contribution is -2.10. The summed E-state index contributed by atoms with van der Waals surface area (Å²) in [5.41, 5.74) is 0. The van der Waals surface area contributed by atoms with E-state index < -0.39 is 0 Å². The molecule has 0 aliphatic carbocycles. The van der Waals surface area contributed by atoms with Gasteiger partial charge in [-0.15, -0.1) is 11.8 Å². The summed E-state index contributed by atoms with van der Waals surface area (Å²) in [7, 11) is 0. The Morgan fingerprint density at radius 2 is 1.38 bits per heavy atom. The maximum absolute atomic E-state index is 2.32. The summed E-state index contributed by atoms with van der Waals surface area (Å²) >= 11 is 2.05. The number of thioether (sulfide) groups is 1. The minimum atomic E-state index is 0.766. The van der Waals surface area contributed by atoms with E-state index in [2.05, 4.69) is 58.0 Å². The molecular formula is C15H24S. The molecule has 0 aliphatic rings. The van der Waals surface area contributed by atoms with Gasteiger partial charge in [0, 0.05) is 10.1 Å². The van der Waals surface area contributed by atoms with Crippen molar-refractivity contribution in [1.29, 1.82) is 0 Å². The molecule has 0 saturated carbocycles. The Bertz CT molecular complexity index is 267. The molecule has 0 saturated heterocycles. The van der Waals surface area contributed by atoms with Gasteiger partial charge in [-0.05, 0) is 36.8 Å². The van der Waals surface area contributed by atoms with Crippen LogP contribution in [0.2, 0.25) is 0 Å². The van der Waals surface area contributed by atoms with Gasteiger partial charge >= 0.3 is 0 Å². The average Bonchev–Trinajstić information content (AvgIpc) is 2.16. The predicted molar refractivity (Wildman–Crippen MR) is 75.0 cm³/mol. The van der Waals surface area contributed by atoms with Crippen molar-refractivity contribution in [3.05, 3.63) is 30.3 Å². The number of rotatable bonds is 6. The summed E-state index contributed by atoms with van der Waals surface area (Å²) in [6.45, 7) is 9.27. The second-order valence-electron chi connectivity index (χ2n) is 5.31. The van der Waals surface area contributed by atoms with Gasteiger partial charge in [0.15, 0.2) is 0 Å². The molecule has 1 heteroatoms. The van der Waals surface area contributed by atoms with Crippen LogP contribution in [0.4, 0.5) is 0 Å². The molecule has 0 fully saturated rings. The van der Waals surface area contributed by atoms with Crippen LogP contribution in [0.25, 0.3) is 0 Å². The average molecular weight is 236 g/mol. The van der Waals surface area contributed by atoms with Crippen molar-refractivity contribution >= 4 is 11.8 Å². The third kappa shape index (κ3) is 5.60. The highest BCUT2D eigenvalue weighted by Gasteiger charge is 2.14. The fourth-order valence-electron chi connectivity index (χ4n) is 1.94. The second-order valence-corrected chi connectivity index (χ2v) is 6.69. The molecule has 0 radical (unpaired) electrons. The number of benzene rings is 1. The second kappa shape index (κ2) is 7.01. The molecule has 0 nitrogen and oxygen atoms in total. The highest BCUT2D eigenvalue weighted by atomic mass is 32.2. The summed E-state index contributed by atoms with van der Waals surface area (Å²) in [4.78, 5) is 1.41. The zero-order valence-electron chi connectivity index (χ0n) is 10.9. The summed E-state index contributed by atoms with van der Waals surface area (Å²) in [5.74, 6) is 1.58. The first-order valence-electron chi connectivity index (χ1n) is 6.29. The van der Waals surface area contributed by atoms with E-state index >= 15 is 0 Å². The Morgan fingerprint density at radius 3 is 1.81 bits per heavy atom. The van der Waals surface area contributed by atoms with E-state index in [1.807, 2.05) is 11.8 Å². The SMILES string of the molecule is CC(C)CC(CC(C)C)Sc1ccccc1. The fourth-order valence-corrected chi connectivity index (χ4v) is 3.60. The van der Waals surface area contributed by atoms with Crippen LogP contribution in [0.1, 0.15) is 40.5 Å². The smallest absolute Gasteiger partial charge is 0.00992 e. The summed E-state index contributed by atoms with van der Waals surface area (Å²) < 4.78 is 0. The maximum atomic E-state index is 2.32. The lowest BCUT2D eigenvalue weighted by Gasteiger charge is -2.20. The summed E-state index contributed by atoms with van der Waals surface area (Å²) in [6.07, 6.45) is 2.63. The largest absolute Gasteiger partial charge is 0.123 e. The molecule has 0 aromatic heterocycles. The zero-order valence-corrected chi connectivity index (χ0v) is 11.8. The van der Waals surface area contributed by atoms with E-state index in [4.69, 9.17) is 0 Å². The Labute approximate surface area is 105 Å². The van der Waals surface area contributed by atoms with Crippen LogP contribution in [-0.2, 0) is 0 Å². The van der Waals surface area contributed by atoms with Gasteiger partial charge in [-0.2, -0.15) is 0 Å². The molecule has 0 heterocycles. The van der Waals surface area contributed by atoms with E-state index in [-0.39, 0.29) is 0 Å². The molecule has 1 rings (SSSR count). The first kappa shape index (κ1) is 13.6. The van der Waals surface area contributed by atoms with Gasteiger partial charge in [0.2, 0.25) is 0 Å². The van der Waals surface area contributed by atoms with E-state index in [0.717, 1.165) is 17.1 Å². The molecule has 0 atom stereocenters. The molecule has 0 amide bonds. The lowest BCUT2D eigenvalue weighted by atomic mass is 10.0. The van der Waals surface area contributed by atoms with Crippen LogP contribution in [0.15, 0.2) is 35.2 Å². The monoisotopic (exact) mass is 236 g/mol. The third-order valence-electron chi connectivity index (χ3n) is 2.51. The molecular weight excluding hydrogens is 212 g/mol.